The first-order valence-corrected chi connectivity index (χ1v) is 6.76. The molecule has 1 heterocycles. The van der Waals surface area contributed by atoms with Crippen LogP contribution in [0.25, 0.3) is 11.4 Å². The van der Waals surface area contributed by atoms with Crippen LogP contribution in [0.15, 0.2) is 54.9 Å². The molecular formula is C16H12F2N4O. The Morgan fingerprint density at radius 3 is 2.57 bits per heavy atom. The lowest BCUT2D eigenvalue weighted by molar-refractivity contribution is 0.246. The van der Waals surface area contributed by atoms with Gasteiger partial charge in [0.05, 0.1) is 5.69 Å². The maximum absolute atomic E-state index is 13.8. The molecule has 0 radical (unpaired) electrons. The van der Waals surface area contributed by atoms with Crippen molar-refractivity contribution in [1.29, 1.82) is 0 Å². The summed E-state index contributed by atoms with van der Waals surface area (Å²) in [5.41, 5.74) is 0.711. The number of aromatic nitrogens is 3. The Morgan fingerprint density at radius 1 is 1.13 bits per heavy atom. The third-order valence-corrected chi connectivity index (χ3v) is 3.28. The van der Waals surface area contributed by atoms with Gasteiger partial charge in [-0.1, -0.05) is 30.3 Å². The van der Waals surface area contributed by atoms with E-state index in [1.807, 2.05) is 30.3 Å². The molecule has 7 heteroatoms. The summed E-state index contributed by atoms with van der Waals surface area (Å²) in [6.07, 6.45) is 1.25. The molecule has 3 rings (SSSR count). The maximum atomic E-state index is 13.8. The van der Waals surface area contributed by atoms with Crippen molar-refractivity contribution in [2.45, 2.75) is 0 Å². The third kappa shape index (κ3) is 2.94. The van der Waals surface area contributed by atoms with Crippen molar-refractivity contribution in [3.05, 3.63) is 66.5 Å². The van der Waals surface area contributed by atoms with Crippen molar-refractivity contribution < 1.29 is 13.6 Å². The molecular weight excluding hydrogens is 302 g/mol. The highest BCUT2D eigenvalue weighted by atomic mass is 19.1. The van der Waals surface area contributed by atoms with Crippen LogP contribution in [-0.4, -0.2) is 27.8 Å². The highest BCUT2D eigenvalue weighted by molar-refractivity contribution is 5.92. The van der Waals surface area contributed by atoms with E-state index in [2.05, 4.69) is 10.1 Å². The van der Waals surface area contributed by atoms with Crippen LogP contribution in [0.1, 0.15) is 0 Å². The minimum atomic E-state index is -0.829. The quantitative estimate of drug-likeness (QED) is 0.729. The van der Waals surface area contributed by atoms with E-state index in [-0.39, 0.29) is 5.69 Å². The first-order chi connectivity index (χ1) is 11.1. The summed E-state index contributed by atoms with van der Waals surface area (Å²) in [5.74, 6) is -1.16. The molecule has 0 N–H and O–H groups in total. The van der Waals surface area contributed by atoms with Crippen molar-refractivity contribution in [3.8, 4) is 11.4 Å². The highest BCUT2D eigenvalue weighted by Crippen LogP contribution is 2.20. The molecule has 0 fully saturated rings. The van der Waals surface area contributed by atoms with Crippen LogP contribution in [0.3, 0.4) is 0 Å². The lowest BCUT2D eigenvalue weighted by atomic mass is 10.2. The van der Waals surface area contributed by atoms with Crippen molar-refractivity contribution in [2.24, 2.45) is 0 Å². The van der Waals surface area contributed by atoms with Gasteiger partial charge in [0.15, 0.2) is 5.82 Å². The third-order valence-electron chi connectivity index (χ3n) is 3.28. The minimum Gasteiger partial charge on any atom is -0.293 e. The molecule has 23 heavy (non-hydrogen) atoms. The molecule has 0 aliphatic carbocycles. The van der Waals surface area contributed by atoms with Crippen LogP contribution in [-0.2, 0) is 0 Å². The Hall–Kier alpha value is -3.09. The standard InChI is InChI=1S/C16H12F2N4O/c1-21(14-8-7-12(17)9-13(14)18)16(23)22-10-19-15(20-22)11-5-3-2-4-6-11/h2-10H,1H3. The molecule has 2 aromatic carbocycles. The van der Waals surface area contributed by atoms with Crippen LogP contribution in [0.4, 0.5) is 19.3 Å². The van der Waals surface area contributed by atoms with Crippen LogP contribution in [0, 0.1) is 11.6 Å². The van der Waals surface area contributed by atoms with Crippen molar-refractivity contribution in [2.75, 3.05) is 11.9 Å². The van der Waals surface area contributed by atoms with Crippen molar-refractivity contribution in [1.82, 2.24) is 14.8 Å². The summed E-state index contributed by atoms with van der Waals surface area (Å²) >= 11 is 0. The zero-order valence-electron chi connectivity index (χ0n) is 12.1. The van der Waals surface area contributed by atoms with Gasteiger partial charge in [0.1, 0.15) is 18.0 Å². The van der Waals surface area contributed by atoms with Crippen LogP contribution < -0.4 is 4.90 Å². The molecule has 116 valence electrons. The molecule has 1 amide bonds. The first kappa shape index (κ1) is 14.8. The number of nitrogens with zero attached hydrogens (tertiary/aromatic N) is 4. The molecule has 0 saturated carbocycles. The number of halogens is 2. The molecule has 3 aromatic rings. The van der Waals surface area contributed by atoms with E-state index in [1.165, 1.54) is 19.4 Å². The monoisotopic (exact) mass is 314 g/mol. The maximum Gasteiger partial charge on any atom is 0.350 e. The van der Waals surface area contributed by atoms with Gasteiger partial charge in [0.2, 0.25) is 0 Å². The van der Waals surface area contributed by atoms with E-state index in [4.69, 9.17) is 0 Å². The largest absolute Gasteiger partial charge is 0.350 e. The van der Waals surface area contributed by atoms with E-state index in [0.717, 1.165) is 27.3 Å². The summed E-state index contributed by atoms with van der Waals surface area (Å²) in [7, 11) is 1.38. The number of hydrogen-bond donors (Lipinski definition) is 0. The number of benzene rings is 2. The SMILES string of the molecule is CN(C(=O)n1cnc(-c2ccccc2)n1)c1ccc(F)cc1F. The second kappa shape index (κ2) is 5.96. The number of amides is 1. The Bertz CT molecular complexity index is 848. The number of carbonyl (C=O) groups excluding carboxylic acids is 1. The molecule has 0 atom stereocenters. The molecule has 1 aromatic heterocycles. The van der Waals surface area contributed by atoms with Gasteiger partial charge >= 0.3 is 6.03 Å². The molecule has 0 aliphatic heterocycles. The normalized spacial score (nSPS) is 10.6. The molecule has 0 spiro atoms. The van der Waals surface area contributed by atoms with Gasteiger partial charge < -0.3 is 0 Å². The minimum absolute atomic E-state index is 0.0480. The first-order valence-electron chi connectivity index (χ1n) is 6.76. The van der Waals surface area contributed by atoms with E-state index in [9.17, 15) is 13.6 Å². The average Bonchev–Trinajstić information content (AvgIpc) is 3.04. The number of carbonyl (C=O) groups is 1. The number of anilines is 1. The van der Waals surface area contributed by atoms with Gasteiger partial charge in [0, 0.05) is 18.7 Å². The smallest absolute Gasteiger partial charge is 0.293 e. The second-order valence-electron chi connectivity index (χ2n) is 4.82. The lowest BCUT2D eigenvalue weighted by Gasteiger charge is -2.17. The summed E-state index contributed by atoms with van der Waals surface area (Å²) in [5, 5.41) is 4.09. The van der Waals surface area contributed by atoms with Gasteiger partial charge in [-0.2, -0.15) is 4.68 Å². The van der Waals surface area contributed by atoms with E-state index >= 15 is 0 Å². The molecule has 0 bridgehead atoms. The van der Waals surface area contributed by atoms with Crippen molar-refractivity contribution >= 4 is 11.7 Å². The fourth-order valence-electron chi connectivity index (χ4n) is 2.08. The van der Waals surface area contributed by atoms with E-state index in [1.54, 1.807) is 0 Å². The zero-order chi connectivity index (χ0) is 16.4. The predicted octanol–water partition coefficient (Wildman–Crippen LogP) is 3.33. The van der Waals surface area contributed by atoms with Crippen LogP contribution >= 0.6 is 0 Å². The van der Waals surface area contributed by atoms with Crippen molar-refractivity contribution in [3.63, 3.8) is 0 Å². The van der Waals surface area contributed by atoms with Gasteiger partial charge in [0.25, 0.3) is 0 Å². The summed E-state index contributed by atoms with van der Waals surface area (Å²) in [6, 6.07) is 11.5. The second-order valence-corrected chi connectivity index (χ2v) is 4.82. The molecule has 0 aliphatic rings. The fourth-order valence-corrected chi connectivity index (χ4v) is 2.08. The van der Waals surface area contributed by atoms with Gasteiger partial charge in [-0.15, -0.1) is 5.10 Å². The zero-order valence-corrected chi connectivity index (χ0v) is 12.1. The van der Waals surface area contributed by atoms with E-state index < -0.39 is 17.7 Å². The predicted molar refractivity (Wildman–Crippen MR) is 81.0 cm³/mol. The molecule has 5 nitrogen and oxygen atoms in total. The number of rotatable bonds is 2. The lowest BCUT2D eigenvalue weighted by Crippen LogP contribution is -2.32. The highest BCUT2D eigenvalue weighted by Gasteiger charge is 2.18. The van der Waals surface area contributed by atoms with E-state index in [0.29, 0.717) is 5.82 Å². The topological polar surface area (TPSA) is 51.0 Å². The Morgan fingerprint density at radius 2 is 1.87 bits per heavy atom. The summed E-state index contributed by atoms with van der Waals surface area (Å²) in [4.78, 5) is 17.5. The fraction of sp³-hybridized carbons (Fsp3) is 0.0625. The Kier molecular flexibility index (Phi) is 3.84. The van der Waals surface area contributed by atoms with Gasteiger partial charge in [-0.25, -0.2) is 18.6 Å². The summed E-state index contributed by atoms with van der Waals surface area (Å²) in [6.45, 7) is 0. The van der Waals surface area contributed by atoms with Gasteiger partial charge in [-0.3, -0.25) is 4.90 Å². The molecule has 0 saturated heterocycles. The van der Waals surface area contributed by atoms with Crippen LogP contribution in [0.2, 0.25) is 0 Å². The Labute approximate surface area is 130 Å². The van der Waals surface area contributed by atoms with Gasteiger partial charge in [-0.05, 0) is 12.1 Å². The average molecular weight is 314 g/mol. The summed E-state index contributed by atoms with van der Waals surface area (Å²) < 4.78 is 27.7. The van der Waals surface area contributed by atoms with Crippen LogP contribution in [0.5, 0.6) is 0 Å². The number of hydrogen-bond acceptors (Lipinski definition) is 3. The molecule has 0 unspecified atom stereocenters. The Balaban J connectivity index is 1.87.